The van der Waals surface area contributed by atoms with Crippen molar-refractivity contribution in [3.8, 4) is 16.9 Å². The molecule has 1 saturated heterocycles. The maximum Gasteiger partial charge on any atom is 0.289 e. The van der Waals surface area contributed by atoms with E-state index in [-0.39, 0.29) is 17.7 Å². The van der Waals surface area contributed by atoms with Crippen molar-refractivity contribution in [3.63, 3.8) is 0 Å². The fourth-order valence-corrected chi connectivity index (χ4v) is 4.05. The summed E-state index contributed by atoms with van der Waals surface area (Å²) >= 11 is 0. The monoisotopic (exact) mass is 418 g/mol. The third-order valence-corrected chi connectivity index (χ3v) is 5.67. The van der Waals surface area contributed by atoms with E-state index in [1.165, 1.54) is 0 Å². The number of amides is 2. The lowest BCUT2D eigenvalue weighted by molar-refractivity contribution is -0.124. The zero-order valence-corrected chi connectivity index (χ0v) is 17.7. The average molecular weight is 418 g/mol. The third kappa shape index (κ3) is 4.30. The maximum absolute atomic E-state index is 13.0. The van der Waals surface area contributed by atoms with Gasteiger partial charge in [-0.2, -0.15) is 0 Å². The summed E-state index contributed by atoms with van der Waals surface area (Å²) in [4.78, 5) is 31.7. The molecule has 2 amide bonds. The highest BCUT2D eigenvalue weighted by Gasteiger charge is 2.30. The number of nitrogens with one attached hydrogen (secondary N) is 1. The Morgan fingerprint density at radius 1 is 1.16 bits per heavy atom. The van der Waals surface area contributed by atoms with Gasteiger partial charge in [0.15, 0.2) is 5.82 Å². The molecule has 1 aliphatic heterocycles. The minimum Gasteiger partial charge on any atom is -0.496 e. The van der Waals surface area contributed by atoms with E-state index in [1.54, 1.807) is 36.0 Å². The molecule has 1 fully saturated rings. The first-order chi connectivity index (χ1) is 15.1. The topological polar surface area (TPSA) is 76.5 Å². The molecule has 160 valence electrons. The molecule has 7 nitrogen and oxygen atoms in total. The summed E-state index contributed by atoms with van der Waals surface area (Å²) in [6, 6.07) is 15.9. The second-order valence-electron chi connectivity index (χ2n) is 7.66. The molecule has 0 saturated carbocycles. The van der Waals surface area contributed by atoms with Crippen molar-refractivity contribution in [2.75, 3.05) is 26.7 Å². The van der Waals surface area contributed by atoms with Crippen LogP contribution in [0.3, 0.4) is 0 Å². The van der Waals surface area contributed by atoms with Gasteiger partial charge in [-0.1, -0.05) is 42.5 Å². The number of hydrogen-bond donors (Lipinski definition) is 1. The third-order valence-electron chi connectivity index (χ3n) is 5.67. The predicted molar refractivity (Wildman–Crippen MR) is 118 cm³/mol. The van der Waals surface area contributed by atoms with Crippen LogP contribution in [0.15, 0.2) is 60.9 Å². The van der Waals surface area contributed by atoms with Crippen LogP contribution in [0, 0.1) is 5.92 Å². The van der Waals surface area contributed by atoms with E-state index >= 15 is 0 Å². The molecule has 1 aromatic heterocycles. The summed E-state index contributed by atoms with van der Waals surface area (Å²) in [6.07, 6.45) is 3.87. The van der Waals surface area contributed by atoms with Gasteiger partial charge < -0.3 is 19.5 Å². The Kier molecular flexibility index (Phi) is 6.02. The first-order valence-electron chi connectivity index (χ1n) is 10.3. The first kappa shape index (κ1) is 20.7. The van der Waals surface area contributed by atoms with Gasteiger partial charge in [0.2, 0.25) is 5.91 Å². The summed E-state index contributed by atoms with van der Waals surface area (Å²) in [6.45, 7) is 1.24. The molecule has 0 bridgehead atoms. The van der Waals surface area contributed by atoms with Crippen molar-refractivity contribution >= 4 is 11.8 Å². The van der Waals surface area contributed by atoms with Crippen LogP contribution in [0.25, 0.3) is 11.1 Å². The number of carbonyl (C=O) groups is 2. The molecule has 1 N–H and O–H groups in total. The van der Waals surface area contributed by atoms with Crippen molar-refractivity contribution in [2.45, 2.75) is 6.42 Å². The number of aromatic nitrogens is 2. The summed E-state index contributed by atoms with van der Waals surface area (Å²) in [5, 5.41) is 2.96. The van der Waals surface area contributed by atoms with Gasteiger partial charge in [-0.25, -0.2) is 4.98 Å². The molecule has 1 atom stereocenters. The molecule has 4 rings (SSSR count). The predicted octanol–water partition coefficient (Wildman–Crippen LogP) is 2.53. The number of ether oxygens (including phenoxy) is 1. The van der Waals surface area contributed by atoms with E-state index in [1.807, 2.05) is 48.5 Å². The first-order valence-corrected chi connectivity index (χ1v) is 10.3. The largest absolute Gasteiger partial charge is 0.496 e. The van der Waals surface area contributed by atoms with Crippen LogP contribution in [0.4, 0.5) is 0 Å². The number of rotatable bonds is 5. The Hall–Kier alpha value is -3.61. The Morgan fingerprint density at radius 3 is 2.65 bits per heavy atom. The van der Waals surface area contributed by atoms with E-state index in [0.29, 0.717) is 31.9 Å². The number of hydrogen-bond acceptors (Lipinski definition) is 4. The number of carbonyl (C=O) groups excluding carboxylic acids is 2. The Morgan fingerprint density at radius 2 is 1.90 bits per heavy atom. The molecule has 1 aliphatic rings. The van der Waals surface area contributed by atoms with Crippen LogP contribution in [0.2, 0.25) is 0 Å². The van der Waals surface area contributed by atoms with Crippen LogP contribution in [0.5, 0.6) is 5.75 Å². The lowest BCUT2D eigenvalue weighted by atomic mass is 9.91. The number of para-hydroxylation sites is 1. The van der Waals surface area contributed by atoms with Gasteiger partial charge >= 0.3 is 0 Å². The molecule has 3 aromatic rings. The smallest absolute Gasteiger partial charge is 0.289 e. The quantitative estimate of drug-likeness (QED) is 0.691. The van der Waals surface area contributed by atoms with Gasteiger partial charge in [-0.3, -0.25) is 9.59 Å². The summed E-state index contributed by atoms with van der Waals surface area (Å²) in [5.74, 6) is 0.605. The van der Waals surface area contributed by atoms with Gasteiger partial charge in [0.05, 0.1) is 13.0 Å². The number of nitrogens with zero attached hydrogens (tertiary/aromatic N) is 3. The van der Waals surface area contributed by atoms with E-state index in [0.717, 1.165) is 22.4 Å². The van der Waals surface area contributed by atoms with Crippen molar-refractivity contribution < 1.29 is 14.3 Å². The van der Waals surface area contributed by atoms with Crippen LogP contribution in [0.1, 0.15) is 16.2 Å². The highest BCUT2D eigenvalue weighted by Crippen LogP contribution is 2.33. The molecular weight excluding hydrogens is 392 g/mol. The lowest BCUT2D eigenvalue weighted by Gasteiger charge is -2.23. The van der Waals surface area contributed by atoms with Crippen LogP contribution in [-0.4, -0.2) is 53.0 Å². The SMILES string of the molecule is COc1ccccc1-c1ccccc1C[C@@H]1CN(C(=O)c2nccn2C)CCNC1=O. The zero-order valence-electron chi connectivity index (χ0n) is 17.7. The van der Waals surface area contributed by atoms with Gasteiger partial charge in [-0.05, 0) is 23.6 Å². The van der Waals surface area contributed by atoms with E-state index < -0.39 is 0 Å². The number of methoxy groups -OCH3 is 1. The zero-order chi connectivity index (χ0) is 21.8. The van der Waals surface area contributed by atoms with Gasteiger partial charge in [0.25, 0.3) is 5.91 Å². The van der Waals surface area contributed by atoms with Crippen molar-refractivity contribution in [1.82, 2.24) is 19.8 Å². The van der Waals surface area contributed by atoms with Gasteiger partial charge in [-0.15, -0.1) is 0 Å². The summed E-state index contributed by atoms with van der Waals surface area (Å²) in [5.41, 5.74) is 3.05. The summed E-state index contributed by atoms with van der Waals surface area (Å²) < 4.78 is 7.25. The van der Waals surface area contributed by atoms with Crippen molar-refractivity contribution in [3.05, 3.63) is 72.3 Å². The molecule has 0 unspecified atom stereocenters. The van der Waals surface area contributed by atoms with Crippen molar-refractivity contribution in [2.24, 2.45) is 13.0 Å². The number of benzene rings is 2. The molecule has 7 heteroatoms. The molecule has 2 heterocycles. The molecule has 0 aliphatic carbocycles. The minimum absolute atomic E-state index is 0.0371. The second kappa shape index (κ2) is 9.04. The Labute approximate surface area is 181 Å². The fourth-order valence-electron chi connectivity index (χ4n) is 4.05. The van der Waals surface area contributed by atoms with Crippen LogP contribution < -0.4 is 10.1 Å². The van der Waals surface area contributed by atoms with Gasteiger partial charge in [0, 0.05) is 44.6 Å². The highest BCUT2D eigenvalue weighted by atomic mass is 16.5. The molecule has 31 heavy (non-hydrogen) atoms. The maximum atomic E-state index is 13.0. The second-order valence-corrected chi connectivity index (χ2v) is 7.66. The fraction of sp³-hybridized carbons (Fsp3) is 0.292. The van der Waals surface area contributed by atoms with Crippen LogP contribution >= 0.6 is 0 Å². The van der Waals surface area contributed by atoms with Crippen molar-refractivity contribution in [1.29, 1.82) is 0 Å². The Bertz CT molecular complexity index is 1090. The summed E-state index contributed by atoms with van der Waals surface area (Å²) in [7, 11) is 3.45. The number of imidazole rings is 1. The standard InChI is InChI=1S/C24H26N4O3/c1-27-13-11-25-22(27)24(30)28-14-12-26-23(29)18(16-28)15-17-7-3-4-8-19(17)20-9-5-6-10-21(20)31-2/h3-11,13,18H,12,14-16H2,1-2H3,(H,26,29)/t18-/m1/s1. The lowest BCUT2D eigenvalue weighted by Crippen LogP contribution is -2.38. The van der Waals surface area contributed by atoms with Gasteiger partial charge in [0.1, 0.15) is 5.75 Å². The molecule has 2 aromatic carbocycles. The Balaban J connectivity index is 1.62. The van der Waals surface area contributed by atoms with E-state index in [4.69, 9.17) is 4.74 Å². The normalized spacial score (nSPS) is 16.5. The molecule has 0 radical (unpaired) electrons. The number of aryl methyl sites for hydroxylation is 1. The van der Waals surface area contributed by atoms with E-state index in [9.17, 15) is 9.59 Å². The molecular formula is C24H26N4O3. The highest BCUT2D eigenvalue weighted by molar-refractivity contribution is 5.91. The molecule has 0 spiro atoms. The van der Waals surface area contributed by atoms with E-state index in [2.05, 4.69) is 10.3 Å². The minimum atomic E-state index is -0.359. The average Bonchev–Trinajstić information content (AvgIpc) is 3.14. The van der Waals surface area contributed by atoms with Crippen LogP contribution in [-0.2, 0) is 18.3 Å².